The van der Waals surface area contributed by atoms with E-state index in [2.05, 4.69) is 21.2 Å². The molecule has 0 radical (unpaired) electrons. The van der Waals surface area contributed by atoms with Gasteiger partial charge in [-0.3, -0.25) is 0 Å². The van der Waals surface area contributed by atoms with E-state index in [0.29, 0.717) is 6.29 Å². The highest BCUT2D eigenvalue weighted by Gasteiger charge is 2.50. The molecule has 0 fully saturated rings. The van der Waals surface area contributed by atoms with E-state index < -0.39 is 33.9 Å². The van der Waals surface area contributed by atoms with Crippen LogP contribution in [0.15, 0.2) is 0 Å². The third-order valence-electron chi connectivity index (χ3n) is 2.53. The Kier molecular flexibility index (Phi) is 5.99. The molecule has 6 nitrogen and oxygen atoms in total. The molecule has 0 aromatic carbocycles. The number of carbonyl (C=O) groups is 3. The second-order valence-corrected chi connectivity index (χ2v) is 6.48. The van der Waals surface area contributed by atoms with Crippen molar-refractivity contribution in [2.75, 3.05) is 0 Å². The molecule has 2 atom stereocenters. The van der Waals surface area contributed by atoms with Crippen LogP contribution in [0, 0.1) is 5.92 Å². The number of rotatable bonds is 5. The molecular weight excluding hydrogens is 318 g/mol. The van der Waals surface area contributed by atoms with Crippen molar-refractivity contribution in [2.24, 2.45) is 5.92 Å². The van der Waals surface area contributed by atoms with Crippen LogP contribution in [0.5, 0.6) is 0 Å². The standard InChI is InChI=1S/C12H20BrNO5/c1-7(2)12(9(16)17,8(13)6-15)14-10(18)19-11(3,4)5/h6-8H,1-5H3,(H,14,18)(H,16,17)/t8?,12-/m1/s1. The first-order valence-electron chi connectivity index (χ1n) is 5.81. The first-order valence-corrected chi connectivity index (χ1v) is 6.73. The summed E-state index contributed by atoms with van der Waals surface area (Å²) in [6.45, 7) is 8.19. The average Bonchev–Trinajstić information content (AvgIpc) is 2.21. The van der Waals surface area contributed by atoms with Crippen molar-refractivity contribution >= 4 is 34.3 Å². The molecule has 0 aromatic rings. The van der Waals surface area contributed by atoms with Gasteiger partial charge < -0.3 is 20.0 Å². The third kappa shape index (κ3) is 4.49. The summed E-state index contributed by atoms with van der Waals surface area (Å²) in [4.78, 5) is 33.1. The summed E-state index contributed by atoms with van der Waals surface area (Å²) in [6.07, 6.45) is -0.444. The monoisotopic (exact) mass is 337 g/mol. The second kappa shape index (κ2) is 6.36. The number of carboxylic acids is 1. The van der Waals surface area contributed by atoms with Crippen molar-refractivity contribution < 1.29 is 24.2 Å². The Labute approximate surface area is 121 Å². The largest absolute Gasteiger partial charge is 0.479 e. The van der Waals surface area contributed by atoms with E-state index in [0.717, 1.165) is 0 Å². The quantitative estimate of drug-likeness (QED) is 0.590. The Bertz CT molecular complexity index is 364. The summed E-state index contributed by atoms with van der Waals surface area (Å²) in [5.41, 5.74) is -2.52. The van der Waals surface area contributed by atoms with Gasteiger partial charge in [-0.2, -0.15) is 0 Å². The van der Waals surface area contributed by atoms with Crippen LogP contribution in [0.3, 0.4) is 0 Å². The van der Waals surface area contributed by atoms with Crippen LogP contribution in [-0.2, 0) is 14.3 Å². The summed E-state index contributed by atoms with van der Waals surface area (Å²) in [6, 6.07) is 0. The van der Waals surface area contributed by atoms with Gasteiger partial charge in [0.05, 0.1) is 0 Å². The lowest BCUT2D eigenvalue weighted by atomic mass is 9.83. The van der Waals surface area contributed by atoms with E-state index in [1.807, 2.05) is 0 Å². The van der Waals surface area contributed by atoms with Gasteiger partial charge >= 0.3 is 12.1 Å². The molecule has 0 rings (SSSR count). The van der Waals surface area contributed by atoms with E-state index in [9.17, 15) is 19.5 Å². The highest BCUT2D eigenvalue weighted by molar-refractivity contribution is 9.10. The molecule has 0 aliphatic carbocycles. The molecule has 2 N–H and O–H groups in total. The first-order chi connectivity index (χ1) is 8.47. The summed E-state index contributed by atoms with van der Waals surface area (Å²) in [5, 5.41) is 11.7. The van der Waals surface area contributed by atoms with Crippen LogP contribution in [0.2, 0.25) is 0 Å². The Morgan fingerprint density at radius 1 is 1.32 bits per heavy atom. The molecule has 110 valence electrons. The van der Waals surface area contributed by atoms with E-state index in [1.54, 1.807) is 34.6 Å². The lowest BCUT2D eigenvalue weighted by Crippen LogP contribution is -2.64. The van der Waals surface area contributed by atoms with Gasteiger partial charge in [-0.1, -0.05) is 29.8 Å². The molecule has 1 unspecified atom stereocenters. The van der Waals surface area contributed by atoms with E-state index in [1.165, 1.54) is 0 Å². The van der Waals surface area contributed by atoms with Crippen molar-refractivity contribution in [3.63, 3.8) is 0 Å². The van der Waals surface area contributed by atoms with Gasteiger partial charge in [-0.05, 0) is 26.7 Å². The number of aldehydes is 1. The molecule has 0 spiro atoms. The Hall–Kier alpha value is -1.11. The molecule has 1 amide bonds. The second-order valence-electron chi connectivity index (χ2n) is 5.49. The van der Waals surface area contributed by atoms with Crippen molar-refractivity contribution in [2.45, 2.75) is 50.6 Å². The van der Waals surface area contributed by atoms with Gasteiger partial charge in [0.15, 0.2) is 5.54 Å². The molecule has 19 heavy (non-hydrogen) atoms. The summed E-state index contributed by atoms with van der Waals surface area (Å²) in [5.74, 6) is -1.82. The summed E-state index contributed by atoms with van der Waals surface area (Å²) >= 11 is 2.99. The molecule has 0 aromatic heterocycles. The zero-order chi connectivity index (χ0) is 15.4. The minimum absolute atomic E-state index is 0.436. The average molecular weight is 338 g/mol. The fourth-order valence-corrected chi connectivity index (χ4v) is 2.37. The number of halogens is 1. The fraction of sp³-hybridized carbons (Fsp3) is 0.750. The molecule has 0 saturated carbocycles. The van der Waals surface area contributed by atoms with E-state index >= 15 is 0 Å². The molecule has 0 saturated heterocycles. The Morgan fingerprint density at radius 2 is 1.79 bits per heavy atom. The zero-order valence-corrected chi connectivity index (χ0v) is 13.3. The van der Waals surface area contributed by atoms with Crippen LogP contribution in [0.4, 0.5) is 4.79 Å². The smallest absolute Gasteiger partial charge is 0.408 e. The molecular formula is C12H20BrNO5. The molecule has 7 heteroatoms. The fourth-order valence-electron chi connectivity index (χ4n) is 1.53. The van der Waals surface area contributed by atoms with Gasteiger partial charge in [0.2, 0.25) is 0 Å². The molecule has 0 aliphatic heterocycles. The molecule has 0 heterocycles. The van der Waals surface area contributed by atoms with Crippen LogP contribution in [0.25, 0.3) is 0 Å². The normalized spacial score (nSPS) is 16.4. The van der Waals surface area contributed by atoms with E-state index in [4.69, 9.17) is 4.74 Å². The van der Waals surface area contributed by atoms with Gasteiger partial charge in [-0.25, -0.2) is 9.59 Å². The number of hydrogen-bond donors (Lipinski definition) is 2. The van der Waals surface area contributed by atoms with Gasteiger partial charge in [-0.15, -0.1) is 0 Å². The van der Waals surface area contributed by atoms with Crippen LogP contribution < -0.4 is 5.32 Å². The number of nitrogens with one attached hydrogen (secondary N) is 1. The third-order valence-corrected chi connectivity index (χ3v) is 3.46. The number of aliphatic carboxylic acids is 1. The first kappa shape index (κ1) is 17.9. The van der Waals surface area contributed by atoms with Crippen LogP contribution >= 0.6 is 15.9 Å². The van der Waals surface area contributed by atoms with Crippen molar-refractivity contribution in [1.29, 1.82) is 0 Å². The predicted molar refractivity (Wildman–Crippen MR) is 73.4 cm³/mol. The van der Waals surface area contributed by atoms with Crippen molar-refractivity contribution in [3.8, 4) is 0 Å². The lowest BCUT2D eigenvalue weighted by molar-refractivity contribution is -0.147. The van der Waals surface area contributed by atoms with Crippen LogP contribution in [0.1, 0.15) is 34.6 Å². The topological polar surface area (TPSA) is 92.7 Å². The highest BCUT2D eigenvalue weighted by atomic mass is 79.9. The Balaban J connectivity index is 5.33. The maximum Gasteiger partial charge on any atom is 0.408 e. The predicted octanol–water partition coefficient (Wildman–Crippen LogP) is 1.95. The maximum atomic E-state index is 11.8. The lowest BCUT2D eigenvalue weighted by Gasteiger charge is -2.36. The number of hydrogen-bond acceptors (Lipinski definition) is 4. The highest BCUT2D eigenvalue weighted by Crippen LogP contribution is 2.27. The van der Waals surface area contributed by atoms with Gasteiger partial charge in [0, 0.05) is 0 Å². The van der Waals surface area contributed by atoms with E-state index in [-0.39, 0.29) is 0 Å². The number of amides is 1. The minimum atomic E-state index is -1.76. The zero-order valence-electron chi connectivity index (χ0n) is 11.7. The SMILES string of the molecule is CC(C)[C@](NC(=O)OC(C)(C)C)(C(=O)O)C(Br)C=O. The van der Waals surface area contributed by atoms with Crippen molar-refractivity contribution in [1.82, 2.24) is 5.32 Å². The number of alkyl carbamates (subject to hydrolysis) is 1. The number of alkyl halides is 1. The molecule has 0 bridgehead atoms. The number of ether oxygens (including phenoxy) is 1. The summed E-state index contributed by atoms with van der Waals surface area (Å²) in [7, 11) is 0. The van der Waals surface area contributed by atoms with Crippen LogP contribution in [-0.4, -0.2) is 39.4 Å². The van der Waals surface area contributed by atoms with Crippen molar-refractivity contribution in [3.05, 3.63) is 0 Å². The molecule has 0 aliphatic rings. The Morgan fingerprint density at radius 3 is 2.05 bits per heavy atom. The number of carbonyl (C=O) groups excluding carboxylic acids is 2. The number of carboxylic acid groups (broad SMARTS) is 1. The summed E-state index contributed by atoms with van der Waals surface area (Å²) < 4.78 is 5.04. The maximum absolute atomic E-state index is 11.8. The van der Waals surface area contributed by atoms with Gasteiger partial charge in [0.25, 0.3) is 0 Å². The minimum Gasteiger partial charge on any atom is -0.479 e. The van der Waals surface area contributed by atoms with Gasteiger partial charge in [0.1, 0.15) is 16.7 Å².